The van der Waals surface area contributed by atoms with Gasteiger partial charge in [-0.25, -0.2) is 0 Å². The molecule has 6 aliphatic rings. The highest BCUT2D eigenvalue weighted by Gasteiger charge is 2.82. The van der Waals surface area contributed by atoms with Crippen LogP contribution < -0.4 is 0 Å². The summed E-state index contributed by atoms with van der Waals surface area (Å²) < 4.78 is 12.7. The summed E-state index contributed by atoms with van der Waals surface area (Å²) >= 11 is 0. The molecule has 0 N–H and O–H groups in total. The number of hydrogen-bond donors (Lipinski definition) is 0. The Bertz CT molecular complexity index is 800. The third-order valence-corrected chi connectivity index (χ3v) is 9.99. The first-order valence-electron chi connectivity index (χ1n) is 10.9. The van der Waals surface area contributed by atoms with Crippen molar-refractivity contribution in [3.8, 4) is 0 Å². The SMILES string of the molecule is C[C@@H]1CC2=CC(=O)CCC2(C)[C@@]23O[C@@H]2CC2(C)C(CC[C@@]24CCC(=O)O4)C13. The summed E-state index contributed by atoms with van der Waals surface area (Å²) in [5, 5.41) is 0. The fraction of sp³-hybridized carbons (Fsp3) is 0.826. The molecular formula is C23H30O4. The second-order valence-corrected chi connectivity index (χ2v) is 10.8. The molecule has 0 radical (unpaired) electrons. The van der Waals surface area contributed by atoms with Gasteiger partial charge in [0, 0.05) is 23.7 Å². The third kappa shape index (κ3) is 1.68. The zero-order valence-corrected chi connectivity index (χ0v) is 16.7. The highest BCUT2D eigenvalue weighted by atomic mass is 16.6. The van der Waals surface area contributed by atoms with Crippen molar-refractivity contribution in [3.63, 3.8) is 0 Å². The largest absolute Gasteiger partial charge is 0.458 e. The van der Waals surface area contributed by atoms with Gasteiger partial charge < -0.3 is 9.47 Å². The minimum absolute atomic E-state index is 0.00614. The Morgan fingerprint density at radius 3 is 2.67 bits per heavy atom. The molecule has 4 heteroatoms. The number of fused-ring (bicyclic) bond motifs is 4. The predicted molar refractivity (Wildman–Crippen MR) is 98.8 cm³/mol. The van der Waals surface area contributed by atoms with Gasteiger partial charge in [-0.3, -0.25) is 9.59 Å². The second-order valence-electron chi connectivity index (χ2n) is 10.8. The van der Waals surface area contributed by atoms with Crippen LogP contribution in [0.4, 0.5) is 0 Å². The smallest absolute Gasteiger partial charge is 0.306 e. The Balaban J connectivity index is 1.45. The van der Waals surface area contributed by atoms with Gasteiger partial charge in [-0.1, -0.05) is 26.3 Å². The molecule has 27 heavy (non-hydrogen) atoms. The Hall–Kier alpha value is -1.16. The molecule has 8 atom stereocenters. The zero-order chi connectivity index (χ0) is 18.8. The standard InChI is InChI=1S/C23H30O4/c1-13-10-14-11-15(24)4-7-20(14,2)23-17(26-23)12-21(3)16(19(13)23)5-8-22(21)9-6-18(25)27-22/h11,13,16-17,19H,4-10,12H2,1-3H3/t13-,16?,17-,19?,20?,21?,22-,23-/m1/s1. The quantitative estimate of drug-likeness (QED) is 0.478. The van der Waals surface area contributed by atoms with Crippen LogP contribution in [-0.2, 0) is 19.1 Å². The van der Waals surface area contributed by atoms with E-state index < -0.39 is 0 Å². The number of ether oxygens (including phenoxy) is 2. The van der Waals surface area contributed by atoms with Crippen molar-refractivity contribution < 1.29 is 19.1 Å². The number of ketones is 1. The minimum Gasteiger partial charge on any atom is -0.458 e. The van der Waals surface area contributed by atoms with E-state index in [1.807, 2.05) is 6.08 Å². The van der Waals surface area contributed by atoms with Crippen molar-refractivity contribution in [2.24, 2.45) is 28.6 Å². The average molecular weight is 370 g/mol. The summed E-state index contributed by atoms with van der Waals surface area (Å²) in [6, 6.07) is 0. The van der Waals surface area contributed by atoms with Gasteiger partial charge in [0.1, 0.15) is 11.2 Å². The summed E-state index contributed by atoms with van der Waals surface area (Å²) in [6.07, 6.45) is 9.43. The number of esters is 1. The van der Waals surface area contributed by atoms with E-state index in [2.05, 4.69) is 20.8 Å². The van der Waals surface area contributed by atoms with E-state index in [1.54, 1.807) is 0 Å². The van der Waals surface area contributed by atoms with Crippen molar-refractivity contribution in [3.05, 3.63) is 11.6 Å². The van der Waals surface area contributed by atoms with Crippen LogP contribution in [0.25, 0.3) is 0 Å². The van der Waals surface area contributed by atoms with E-state index in [0.717, 1.165) is 38.5 Å². The Morgan fingerprint density at radius 2 is 1.93 bits per heavy atom. The van der Waals surface area contributed by atoms with E-state index in [0.29, 0.717) is 36.4 Å². The average Bonchev–Trinajstić information content (AvgIpc) is 3.09. The first kappa shape index (κ1) is 16.8. The van der Waals surface area contributed by atoms with Crippen LogP contribution >= 0.6 is 0 Å². The van der Waals surface area contributed by atoms with E-state index in [4.69, 9.17) is 9.47 Å². The summed E-state index contributed by atoms with van der Waals surface area (Å²) in [6.45, 7) is 7.12. The molecule has 6 rings (SSSR count). The van der Waals surface area contributed by atoms with Gasteiger partial charge in [-0.2, -0.15) is 0 Å². The van der Waals surface area contributed by atoms with Gasteiger partial charge in [0.25, 0.3) is 0 Å². The molecule has 146 valence electrons. The van der Waals surface area contributed by atoms with Crippen LogP contribution in [0.2, 0.25) is 0 Å². The minimum atomic E-state index is -0.258. The molecule has 2 heterocycles. The number of rotatable bonds is 0. The highest BCUT2D eigenvalue weighted by molar-refractivity contribution is 5.92. The first-order valence-corrected chi connectivity index (χ1v) is 10.9. The fourth-order valence-electron chi connectivity index (χ4n) is 8.65. The molecule has 0 amide bonds. The zero-order valence-electron chi connectivity index (χ0n) is 16.7. The van der Waals surface area contributed by atoms with Crippen molar-refractivity contribution in [2.45, 2.75) is 89.4 Å². The van der Waals surface area contributed by atoms with Crippen LogP contribution in [-0.4, -0.2) is 29.1 Å². The van der Waals surface area contributed by atoms with Crippen LogP contribution in [0.5, 0.6) is 0 Å². The molecule has 2 aliphatic heterocycles. The molecule has 0 bridgehead atoms. The van der Waals surface area contributed by atoms with Gasteiger partial charge in [-0.15, -0.1) is 0 Å². The fourth-order valence-corrected chi connectivity index (χ4v) is 8.65. The number of carbonyl (C=O) groups excluding carboxylic acids is 2. The number of hydrogen-bond acceptors (Lipinski definition) is 4. The molecular weight excluding hydrogens is 340 g/mol. The summed E-state index contributed by atoms with van der Waals surface area (Å²) in [5.41, 5.74) is 1.03. The summed E-state index contributed by atoms with van der Waals surface area (Å²) in [5.74, 6) is 1.85. The van der Waals surface area contributed by atoms with E-state index in [-0.39, 0.29) is 34.1 Å². The van der Waals surface area contributed by atoms with Gasteiger partial charge in [0.15, 0.2) is 5.78 Å². The number of epoxide rings is 1. The molecule has 4 nitrogen and oxygen atoms in total. The van der Waals surface area contributed by atoms with Crippen LogP contribution in [0, 0.1) is 28.6 Å². The lowest BCUT2D eigenvalue weighted by molar-refractivity contribution is -0.165. The number of carbonyl (C=O) groups is 2. The highest BCUT2D eigenvalue weighted by Crippen LogP contribution is 2.78. The maximum Gasteiger partial charge on any atom is 0.306 e. The molecule has 3 saturated carbocycles. The molecule has 2 spiro atoms. The molecule has 0 aromatic heterocycles. The summed E-state index contributed by atoms with van der Waals surface area (Å²) in [4.78, 5) is 24.1. The molecule has 4 aliphatic carbocycles. The van der Waals surface area contributed by atoms with Gasteiger partial charge in [-0.05, 0) is 62.4 Å². The van der Waals surface area contributed by atoms with Crippen LogP contribution in [0.1, 0.15) is 72.1 Å². The van der Waals surface area contributed by atoms with E-state index in [9.17, 15) is 9.59 Å². The molecule has 0 aromatic carbocycles. The molecule has 5 fully saturated rings. The maximum absolute atomic E-state index is 12.1. The first-order chi connectivity index (χ1) is 12.8. The lowest BCUT2D eigenvalue weighted by Gasteiger charge is -2.58. The molecule has 4 unspecified atom stereocenters. The normalized spacial score (nSPS) is 58.1. The van der Waals surface area contributed by atoms with Crippen molar-refractivity contribution in [1.82, 2.24) is 0 Å². The lowest BCUT2D eigenvalue weighted by Crippen LogP contribution is -2.61. The third-order valence-electron chi connectivity index (χ3n) is 9.99. The molecule has 0 aromatic rings. The van der Waals surface area contributed by atoms with Gasteiger partial charge >= 0.3 is 5.97 Å². The Morgan fingerprint density at radius 1 is 1.11 bits per heavy atom. The van der Waals surface area contributed by atoms with E-state index >= 15 is 0 Å². The van der Waals surface area contributed by atoms with Crippen LogP contribution in [0.3, 0.4) is 0 Å². The van der Waals surface area contributed by atoms with Crippen LogP contribution in [0.15, 0.2) is 11.6 Å². The predicted octanol–water partition coefficient (Wildman–Crippen LogP) is 3.97. The molecule has 2 saturated heterocycles. The lowest BCUT2D eigenvalue weighted by atomic mass is 9.44. The topological polar surface area (TPSA) is 55.9 Å². The summed E-state index contributed by atoms with van der Waals surface area (Å²) in [7, 11) is 0. The second kappa shape index (κ2) is 4.69. The monoisotopic (exact) mass is 370 g/mol. The Kier molecular flexibility index (Phi) is 2.91. The van der Waals surface area contributed by atoms with Gasteiger partial charge in [0.2, 0.25) is 0 Å². The van der Waals surface area contributed by atoms with Crippen molar-refractivity contribution in [2.75, 3.05) is 0 Å². The van der Waals surface area contributed by atoms with Crippen molar-refractivity contribution >= 4 is 11.8 Å². The van der Waals surface area contributed by atoms with Gasteiger partial charge in [0.05, 0.1) is 6.10 Å². The van der Waals surface area contributed by atoms with Crippen molar-refractivity contribution in [1.29, 1.82) is 0 Å². The maximum atomic E-state index is 12.1. The Labute approximate surface area is 161 Å². The van der Waals surface area contributed by atoms with E-state index in [1.165, 1.54) is 5.57 Å².